The maximum atomic E-state index is 13.0. The first-order valence-corrected chi connectivity index (χ1v) is 10.7. The Bertz CT molecular complexity index is 1210. The average molecular weight is 449 g/mol. The minimum Gasteiger partial charge on any atom is -0.340 e. The maximum absolute atomic E-state index is 13.0. The van der Waals surface area contributed by atoms with E-state index in [0.29, 0.717) is 30.0 Å². The Morgan fingerprint density at radius 2 is 1.91 bits per heavy atom. The smallest absolute Gasteiger partial charge is 0.267 e. The molecule has 0 aliphatic carbocycles. The summed E-state index contributed by atoms with van der Waals surface area (Å²) in [5, 5.41) is 6.84. The van der Waals surface area contributed by atoms with Crippen molar-refractivity contribution in [1.29, 1.82) is 0 Å². The van der Waals surface area contributed by atoms with E-state index in [1.54, 1.807) is 30.0 Å². The molecule has 0 spiro atoms. The van der Waals surface area contributed by atoms with Crippen molar-refractivity contribution in [2.75, 3.05) is 18.4 Å². The van der Waals surface area contributed by atoms with E-state index in [9.17, 15) is 18.8 Å². The van der Waals surface area contributed by atoms with Gasteiger partial charge in [-0.15, -0.1) is 0 Å². The van der Waals surface area contributed by atoms with Gasteiger partial charge in [0.25, 0.3) is 11.5 Å². The van der Waals surface area contributed by atoms with Gasteiger partial charge in [0.05, 0.1) is 11.3 Å². The van der Waals surface area contributed by atoms with Crippen LogP contribution >= 0.6 is 0 Å². The number of likely N-dealkylation sites (tertiary alicyclic amines) is 1. The highest BCUT2D eigenvalue weighted by molar-refractivity contribution is 6.04. The van der Waals surface area contributed by atoms with Crippen LogP contribution in [0.2, 0.25) is 0 Å². The number of nitrogens with one attached hydrogen (secondary N) is 1. The second kappa shape index (κ2) is 9.72. The van der Waals surface area contributed by atoms with Gasteiger partial charge in [0, 0.05) is 42.7 Å². The summed E-state index contributed by atoms with van der Waals surface area (Å²) in [6, 6.07) is 12.0. The highest BCUT2D eigenvalue weighted by Crippen LogP contribution is 2.26. The van der Waals surface area contributed by atoms with E-state index in [-0.39, 0.29) is 35.7 Å². The fourth-order valence-corrected chi connectivity index (χ4v) is 3.86. The highest BCUT2D eigenvalue weighted by atomic mass is 19.1. The number of amides is 2. The molecular weight excluding hydrogens is 425 g/mol. The summed E-state index contributed by atoms with van der Waals surface area (Å²) in [7, 11) is 0. The lowest BCUT2D eigenvalue weighted by atomic mass is 9.94. The van der Waals surface area contributed by atoms with Gasteiger partial charge in [0.15, 0.2) is 0 Å². The number of rotatable bonds is 5. The number of aromatic nitrogens is 3. The minimum absolute atomic E-state index is 0.0408. The number of piperidine rings is 1. The third-order valence-corrected chi connectivity index (χ3v) is 5.63. The molecule has 1 N–H and O–H groups in total. The van der Waals surface area contributed by atoms with Gasteiger partial charge in [-0.2, -0.15) is 5.10 Å². The molecule has 0 bridgehead atoms. The molecule has 4 rings (SSSR count). The van der Waals surface area contributed by atoms with Crippen LogP contribution in [0.15, 0.2) is 59.5 Å². The Hall–Kier alpha value is -3.88. The molecule has 170 valence electrons. The van der Waals surface area contributed by atoms with Gasteiger partial charge in [0.1, 0.15) is 12.4 Å². The molecule has 1 unspecified atom stereocenters. The van der Waals surface area contributed by atoms with E-state index >= 15 is 0 Å². The van der Waals surface area contributed by atoms with Crippen LogP contribution in [0.1, 0.15) is 40.5 Å². The molecule has 1 aromatic carbocycles. The van der Waals surface area contributed by atoms with Crippen molar-refractivity contribution in [2.24, 2.45) is 0 Å². The Morgan fingerprint density at radius 1 is 1.12 bits per heavy atom. The van der Waals surface area contributed by atoms with E-state index in [1.807, 2.05) is 0 Å². The molecule has 2 amide bonds. The molecule has 1 saturated heterocycles. The van der Waals surface area contributed by atoms with Gasteiger partial charge < -0.3 is 10.2 Å². The lowest BCUT2D eigenvalue weighted by molar-refractivity contribution is -0.133. The van der Waals surface area contributed by atoms with E-state index < -0.39 is 0 Å². The summed E-state index contributed by atoms with van der Waals surface area (Å²) < 4.78 is 14.2. The zero-order valence-electron chi connectivity index (χ0n) is 18.2. The molecule has 1 aliphatic rings. The highest BCUT2D eigenvalue weighted by Gasteiger charge is 2.26. The molecule has 3 aromatic rings. The molecular formula is C24H24FN5O3. The molecule has 3 heterocycles. The molecule has 1 atom stereocenters. The normalized spacial score (nSPS) is 15.8. The Labute approximate surface area is 190 Å². The Kier molecular flexibility index (Phi) is 6.58. The zero-order chi connectivity index (χ0) is 23.4. The predicted molar refractivity (Wildman–Crippen MR) is 120 cm³/mol. The molecule has 0 saturated carbocycles. The van der Waals surface area contributed by atoms with Crippen molar-refractivity contribution < 1.29 is 14.0 Å². The zero-order valence-corrected chi connectivity index (χ0v) is 18.2. The van der Waals surface area contributed by atoms with Crippen LogP contribution in [-0.2, 0) is 11.3 Å². The van der Waals surface area contributed by atoms with Gasteiger partial charge in [0.2, 0.25) is 5.91 Å². The summed E-state index contributed by atoms with van der Waals surface area (Å²) in [5.74, 6) is -0.826. The van der Waals surface area contributed by atoms with Crippen LogP contribution in [0.25, 0.3) is 0 Å². The first kappa shape index (κ1) is 22.3. The largest absolute Gasteiger partial charge is 0.340 e. The monoisotopic (exact) mass is 449 g/mol. The number of halogens is 1. The SMILES string of the molecule is Cc1ccc(=O)n(CC(=O)N2CCCC(c3ccc(C(=O)Nc4ccc(F)cc4)cn3)C2)n1. The van der Waals surface area contributed by atoms with E-state index in [2.05, 4.69) is 15.4 Å². The lowest BCUT2D eigenvalue weighted by Crippen LogP contribution is -2.42. The van der Waals surface area contributed by atoms with Crippen molar-refractivity contribution in [3.8, 4) is 0 Å². The molecule has 1 fully saturated rings. The van der Waals surface area contributed by atoms with Gasteiger partial charge in [-0.05, 0) is 62.2 Å². The predicted octanol–water partition coefficient (Wildman–Crippen LogP) is 2.74. The van der Waals surface area contributed by atoms with Crippen molar-refractivity contribution in [1.82, 2.24) is 19.7 Å². The number of benzene rings is 1. The summed E-state index contributed by atoms with van der Waals surface area (Å²) in [6.45, 7) is 2.79. The van der Waals surface area contributed by atoms with Gasteiger partial charge in [-0.3, -0.25) is 19.4 Å². The second-order valence-electron chi connectivity index (χ2n) is 8.08. The molecule has 0 radical (unpaired) electrons. The van der Waals surface area contributed by atoms with E-state index in [4.69, 9.17) is 0 Å². The topological polar surface area (TPSA) is 97.2 Å². The quantitative estimate of drug-likeness (QED) is 0.646. The van der Waals surface area contributed by atoms with Crippen molar-refractivity contribution >= 4 is 17.5 Å². The summed E-state index contributed by atoms with van der Waals surface area (Å²) >= 11 is 0. The van der Waals surface area contributed by atoms with Crippen molar-refractivity contribution in [3.63, 3.8) is 0 Å². The summed E-state index contributed by atoms with van der Waals surface area (Å²) in [6.07, 6.45) is 3.20. The number of carbonyl (C=O) groups excluding carboxylic acids is 2. The number of aryl methyl sites for hydroxylation is 1. The fourth-order valence-electron chi connectivity index (χ4n) is 3.86. The van der Waals surface area contributed by atoms with Crippen LogP contribution in [0.4, 0.5) is 10.1 Å². The third kappa shape index (κ3) is 5.49. The summed E-state index contributed by atoms with van der Waals surface area (Å²) in [5.41, 5.74) is 2.05. The Balaban J connectivity index is 1.39. The van der Waals surface area contributed by atoms with Crippen molar-refractivity contribution in [3.05, 3.63) is 87.9 Å². The van der Waals surface area contributed by atoms with Crippen LogP contribution in [-0.4, -0.2) is 44.6 Å². The number of nitrogens with zero attached hydrogens (tertiary/aromatic N) is 4. The van der Waals surface area contributed by atoms with E-state index in [0.717, 1.165) is 18.5 Å². The molecule has 2 aromatic heterocycles. The van der Waals surface area contributed by atoms with Crippen LogP contribution in [0.3, 0.4) is 0 Å². The third-order valence-electron chi connectivity index (χ3n) is 5.63. The number of pyridine rings is 1. The number of anilines is 1. The van der Waals surface area contributed by atoms with Crippen LogP contribution in [0, 0.1) is 12.7 Å². The second-order valence-corrected chi connectivity index (χ2v) is 8.08. The van der Waals surface area contributed by atoms with Crippen molar-refractivity contribution in [2.45, 2.75) is 32.2 Å². The molecule has 9 heteroatoms. The number of hydrogen-bond donors (Lipinski definition) is 1. The van der Waals surface area contributed by atoms with Crippen LogP contribution < -0.4 is 10.9 Å². The van der Waals surface area contributed by atoms with Gasteiger partial charge in [-0.1, -0.05) is 0 Å². The fraction of sp³-hybridized carbons (Fsp3) is 0.292. The molecule has 33 heavy (non-hydrogen) atoms. The summed E-state index contributed by atoms with van der Waals surface area (Å²) in [4.78, 5) is 43.4. The molecule has 8 nitrogen and oxygen atoms in total. The van der Waals surface area contributed by atoms with Crippen LogP contribution in [0.5, 0.6) is 0 Å². The van der Waals surface area contributed by atoms with Gasteiger partial charge >= 0.3 is 0 Å². The first-order valence-electron chi connectivity index (χ1n) is 10.7. The average Bonchev–Trinajstić information content (AvgIpc) is 2.83. The Morgan fingerprint density at radius 3 is 2.64 bits per heavy atom. The molecule has 1 aliphatic heterocycles. The minimum atomic E-state index is -0.374. The maximum Gasteiger partial charge on any atom is 0.267 e. The number of carbonyl (C=O) groups is 2. The van der Waals surface area contributed by atoms with E-state index in [1.165, 1.54) is 41.2 Å². The lowest BCUT2D eigenvalue weighted by Gasteiger charge is -2.32. The number of hydrogen-bond acceptors (Lipinski definition) is 5. The van der Waals surface area contributed by atoms with Gasteiger partial charge in [-0.25, -0.2) is 9.07 Å². The first-order chi connectivity index (χ1) is 15.9. The standard InChI is InChI=1S/C24H24FN5O3/c1-16-4-11-22(31)30(28-16)15-23(32)29-12-2-3-18(14-29)21-10-5-17(13-26-21)24(33)27-20-8-6-19(25)7-9-20/h4-11,13,18H,2-3,12,14-15H2,1H3,(H,27,33).